The van der Waals surface area contributed by atoms with Gasteiger partial charge in [0.15, 0.2) is 5.82 Å². The van der Waals surface area contributed by atoms with E-state index in [1.54, 1.807) is 32.3 Å². The summed E-state index contributed by atoms with van der Waals surface area (Å²) < 4.78 is 53.3. The van der Waals surface area contributed by atoms with Crippen LogP contribution >= 0.6 is 11.6 Å². The van der Waals surface area contributed by atoms with Crippen molar-refractivity contribution < 1.29 is 22.4 Å². The molecule has 0 aromatic heterocycles. The molecule has 0 atom stereocenters. The van der Waals surface area contributed by atoms with Crippen LogP contribution in [-0.2, 0) is 6.18 Å². The summed E-state index contributed by atoms with van der Waals surface area (Å²) in [5.41, 5.74) is -1.03. The third-order valence-corrected chi connectivity index (χ3v) is 4.51. The molecule has 8 heteroatoms. The number of halogens is 5. The van der Waals surface area contributed by atoms with Crippen LogP contribution in [0.5, 0.6) is 0 Å². The number of fused-ring (bicyclic) bond motifs is 1. The Bertz CT molecular complexity index is 1060. The maximum absolute atomic E-state index is 14.4. The first-order chi connectivity index (χ1) is 13.1. The van der Waals surface area contributed by atoms with Crippen molar-refractivity contribution in [1.82, 2.24) is 4.90 Å². The van der Waals surface area contributed by atoms with Crippen LogP contribution in [0, 0.1) is 5.82 Å². The molecule has 0 radical (unpaired) electrons. The zero-order valence-electron chi connectivity index (χ0n) is 14.9. The Morgan fingerprint density at radius 2 is 1.68 bits per heavy atom. The highest BCUT2D eigenvalue weighted by atomic mass is 35.5. The van der Waals surface area contributed by atoms with Gasteiger partial charge in [-0.1, -0.05) is 29.8 Å². The van der Waals surface area contributed by atoms with Crippen LogP contribution in [-0.4, -0.2) is 24.9 Å². The van der Waals surface area contributed by atoms with E-state index in [1.807, 2.05) is 0 Å². The fraction of sp³-hybridized carbons (Fsp3) is 0.150. The lowest BCUT2D eigenvalue weighted by Gasteiger charge is -2.17. The molecule has 1 amide bonds. The molecule has 0 saturated carbocycles. The SMILES string of the molecule is CN(C)C(=O)c1ccc(Nc2cccc(C(F)(F)F)c2F)c2cccc(Cl)c12. The first-order valence-corrected chi connectivity index (χ1v) is 8.54. The van der Waals surface area contributed by atoms with Crippen molar-refractivity contribution in [2.75, 3.05) is 19.4 Å². The fourth-order valence-electron chi connectivity index (χ4n) is 2.88. The van der Waals surface area contributed by atoms with E-state index < -0.39 is 17.6 Å². The molecule has 3 aromatic carbocycles. The quantitative estimate of drug-likeness (QED) is 0.529. The molecule has 0 aliphatic rings. The summed E-state index contributed by atoms with van der Waals surface area (Å²) in [7, 11) is 3.18. The lowest BCUT2D eigenvalue weighted by molar-refractivity contribution is -0.139. The number of alkyl halides is 3. The highest BCUT2D eigenvalue weighted by Gasteiger charge is 2.35. The highest BCUT2D eigenvalue weighted by Crippen LogP contribution is 2.37. The van der Waals surface area contributed by atoms with E-state index in [-0.39, 0.29) is 11.6 Å². The van der Waals surface area contributed by atoms with E-state index >= 15 is 0 Å². The van der Waals surface area contributed by atoms with Crippen LogP contribution in [0.2, 0.25) is 5.02 Å². The van der Waals surface area contributed by atoms with Gasteiger partial charge in [-0.3, -0.25) is 4.79 Å². The predicted octanol–water partition coefficient (Wildman–Crippen LogP) is 6.10. The first-order valence-electron chi connectivity index (χ1n) is 8.17. The van der Waals surface area contributed by atoms with Crippen LogP contribution in [0.3, 0.4) is 0 Å². The number of nitrogens with one attached hydrogen (secondary N) is 1. The smallest absolute Gasteiger partial charge is 0.353 e. The average molecular weight is 411 g/mol. The van der Waals surface area contributed by atoms with Crippen molar-refractivity contribution in [1.29, 1.82) is 0 Å². The third kappa shape index (κ3) is 3.62. The number of carbonyl (C=O) groups is 1. The van der Waals surface area contributed by atoms with Gasteiger partial charge < -0.3 is 10.2 Å². The number of carbonyl (C=O) groups excluding carboxylic acids is 1. The molecule has 0 aliphatic carbocycles. The van der Waals surface area contributed by atoms with E-state index in [1.165, 1.54) is 23.1 Å². The summed E-state index contributed by atoms with van der Waals surface area (Å²) in [6, 6.07) is 10.9. The zero-order chi connectivity index (χ0) is 20.6. The molecule has 0 fully saturated rings. The maximum atomic E-state index is 14.4. The summed E-state index contributed by atoms with van der Waals surface area (Å²) in [5.74, 6) is -1.69. The highest BCUT2D eigenvalue weighted by molar-refractivity contribution is 6.37. The summed E-state index contributed by atoms with van der Waals surface area (Å²) in [4.78, 5) is 13.8. The first kappa shape index (κ1) is 19.9. The lowest BCUT2D eigenvalue weighted by atomic mass is 10.0. The van der Waals surface area contributed by atoms with Crippen molar-refractivity contribution >= 4 is 39.7 Å². The Morgan fingerprint density at radius 3 is 2.32 bits per heavy atom. The fourth-order valence-corrected chi connectivity index (χ4v) is 3.16. The molecule has 0 spiro atoms. The molecule has 3 rings (SSSR count). The van der Waals surface area contributed by atoms with E-state index in [0.29, 0.717) is 33.1 Å². The molecule has 0 heterocycles. The molecule has 28 heavy (non-hydrogen) atoms. The Kier molecular flexibility index (Phi) is 5.21. The second kappa shape index (κ2) is 7.31. The van der Waals surface area contributed by atoms with Crippen molar-refractivity contribution in [2.45, 2.75) is 6.18 Å². The Morgan fingerprint density at radius 1 is 1.00 bits per heavy atom. The van der Waals surface area contributed by atoms with Gasteiger partial charge in [0.2, 0.25) is 0 Å². The number of nitrogens with zero attached hydrogens (tertiary/aromatic N) is 1. The number of benzene rings is 3. The van der Waals surface area contributed by atoms with E-state index in [0.717, 1.165) is 6.07 Å². The van der Waals surface area contributed by atoms with Crippen LogP contribution in [0.25, 0.3) is 10.8 Å². The zero-order valence-corrected chi connectivity index (χ0v) is 15.6. The molecule has 0 unspecified atom stereocenters. The van der Waals surface area contributed by atoms with Crippen molar-refractivity contribution in [3.05, 3.63) is 70.5 Å². The van der Waals surface area contributed by atoms with Crippen molar-refractivity contribution in [2.24, 2.45) is 0 Å². The number of amides is 1. The minimum atomic E-state index is -4.81. The van der Waals surface area contributed by atoms with Gasteiger partial charge in [0.25, 0.3) is 5.91 Å². The van der Waals surface area contributed by atoms with Gasteiger partial charge in [0, 0.05) is 41.1 Å². The lowest BCUT2D eigenvalue weighted by Crippen LogP contribution is -2.22. The van der Waals surface area contributed by atoms with Gasteiger partial charge >= 0.3 is 6.18 Å². The molecule has 1 N–H and O–H groups in total. The van der Waals surface area contributed by atoms with Gasteiger partial charge in [0.1, 0.15) is 0 Å². The molecule has 3 nitrogen and oxygen atoms in total. The van der Waals surface area contributed by atoms with E-state index in [4.69, 9.17) is 11.6 Å². The van der Waals surface area contributed by atoms with Gasteiger partial charge in [-0.15, -0.1) is 0 Å². The number of hydrogen-bond donors (Lipinski definition) is 1. The maximum Gasteiger partial charge on any atom is 0.419 e. The van der Waals surface area contributed by atoms with Gasteiger partial charge in [-0.25, -0.2) is 4.39 Å². The topological polar surface area (TPSA) is 32.3 Å². The molecule has 0 saturated heterocycles. The minimum Gasteiger partial charge on any atom is -0.353 e. The Labute approximate surface area is 163 Å². The molecule has 146 valence electrons. The second-order valence-electron chi connectivity index (χ2n) is 6.31. The van der Waals surface area contributed by atoms with Crippen molar-refractivity contribution in [3.8, 4) is 0 Å². The normalized spacial score (nSPS) is 11.5. The summed E-state index contributed by atoms with van der Waals surface area (Å²) in [6.07, 6.45) is -4.81. The van der Waals surface area contributed by atoms with Gasteiger partial charge in [-0.05, 0) is 30.3 Å². The van der Waals surface area contributed by atoms with Crippen molar-refractivity contribution in [3.63, 3.8) is 0 Å². The largest absolute Gasteiger partial charge is 0.419 e. The number of anilines is 2. The predicted molar refractivity (Wildman–Crippen MR) is 102 cm³/mol. The summed E-state index contributed by atoms with van der Waals surface area (Å²) >= 11 is 6.28. The van der Waals surface area contributed by atoms with E-state index in [2.05, 4.69) is 5.32 Å². The Hall–Kier alpha value is -2.80. The van der Waals surface area contributed by atoms with Crippen LogP contribution in [0.15, 0.2) is 48.5 Å². The van der Waals surface area contributed by atoms with Gasteiger partial charge in [-0.2, -0.15) is 13.2 Å². The van der Waals surface area contributed by atoms with Crippen LogP contribution in [0.4, 0.5) is 28.9 Å². The molecule has 3 aromatic rings. The van der Waals surface area contributed by atoms with Crippen LogP contribution < -0.4 is 5.32 Å². The molecular formula is C20H15ClF4N2O. The number of rotatable bonds is 3. The summed E-state index contributed by atoms with van der Waals surface area (Å²) in [6.45, 7) is 0. The standard InChI is InChI=1S/C20H15ClF4N2O/c1-27(2)19(28)12-9-10-15(11-5-3-7-14(21)17(11)12)26-16-8-4-6-13(18(16)22)20(23,24)25/h3-10,26H,1-2H3. The molecular weight excluding hydrogens is 396 g/mol. The average Bonchev–Trinajstić information content (AvgIpc) is 2.62. The second-order valence-corrected chi connectivity index (χ2v) is 6.72. The Balaban J connectivity index is 2.16. The van der Waals surface area contributed by atoms with Crippen LogP contribution in [0.1, 0.15) is 15.9 Å². The molecule has 0 aliphatic heterocycles. The van der Waals surface area contributed by atoms with Gasteiger partial charge in [0.05, 0.1) is 11.3 Å². The van der Waals surface area contributed by atoms with E-state index in [9.17, 15) is 22.4 Å². The third-order valence-electron chi connectivity index (χ3n) is 4.20. The summed E-state index contributed by atoms with van der Waals surface area (Å²) in [5, 5.41) is 3.91. The monoisotopic (exact) mass is 410 g/mol. The minimum absolute atomic E-state index is 0.283. The molecule has 0 bridgehead atoms. The number of hydrogen-bond acceptors (Lipinski definition) is 2.